The molecule has 0 fully saturated rings. The molecule has 3 aromatic rings. The number of carbonyl (C=O) groups excluding carboxylic acids is 2. The Bertz CT molecular complexity index is 984. The third kappa shape index (κ3) is 5.07. The second-order valence-electron chi connectivity index (χ2n) is 6.63. The van der Waals surface area contributed by atoms with Crippen LogP contribution in [0.5, 0.6) is 0 Å². The van der Waals surface area contributed by atoms with Gasteiger partial charge in [-0.25, -0.2) is 13.9 Å². The van der Waals surface area contributed by atoms with Crippen LogP contribution in [0.4, 0.5) is 4.39 Å². The number of hydrogen-bond donors (Lipinski definition) is 1. The molecule has 1 aromatic heterocycles. The van der Waals surface area contributed by atoms with Crippen molar-refractivity contribution in [3.05, 3.63) is 72.2 Å². The first-order valence-corrected chi connectivity index (χ1v) is 9.35. The van der Waals surface area contributed by atoms with Gasteiger partial charge in [-0.1, -0.05) is 25.1 Å². The summed E-state index contributed by atoms with van der Waals surface area (Å²) in [5, 5.41) is 7.22. The van der Waals surface area contributed by atoms with Crippen molar-refractivity contribution in [3.8, 4) is 16.9 Å². The fraction of sp³-hybridized carbons (Fsp3) is 0.227. The molecule has 0 aliphatic heterocycles. The average molecular weight is 395 g/mol. The van der Waals surface area contributed by atoms with Gasteiger partial charge in [0.2, 0.25) is 0 Å². The summed E-state index contributed by atoms with van der Waals surface area (Å²) < 4.78 is 20.1. The summed E-state index contributed by atoms with van der Waals surface area (Å²) >= 11 is 0. The van der Waals surface area contributed by atoms with E-state index in [1.54, 1.807) is 23.0 Å². The lowest BCUT2D eigenvalue weighted by Crippen LogP contribution is -2.35. The van der Waals surface area contributed by atoms with E-state index in [1.165, 1.54) is 12.1 Å². The van der Waals surface area contributed by atoms with E-state index in [0.29, 0.717) is 11.3 Å². The molecule has 6 nitrogen and oxygen atoms in total. The minimum absolute atomic E-state index is 0.00295. The topological polar surface area (TPSA) is 73.2 Å². The number of esters is 1. The van der Waals surface area contributed by atoms with Gasteiger partial charge < -0.3 is 10.1 Å². The Morgan fingerprint density at radius 3 is 2.48 bits per heavy atom. The van der Waals surface area contributed by atoms with E-state index in [-0.39, 0.29) is 29.9 Å². The minimum atomic E-state index is -0.675. The summed E-state index contributed by atoms with van der Waals surface area (Å²) in [6.07, 6.45) is 2.32. The Labute approximate surface area is 168 Å². The van der Waals surface area contributed by atoms with Gasteiger partial charge in [0.05, 0.1) is 5.69 Å². The molecule has 1 N–H and O–H groups in total. The highest BCUT2D eigenvalue weighted by molar-refractivity contribution is 5.97. The number of hydrogen-bond acceptors (Lipinski definition) is 4. The second-order valence-corrected chi connectivity index (χ2v) is 6.63. The zero-order valence-electron chi connectivity index (χ0n) is 16.3. The molecule has 29 heavy (non-hydrogen) atoms. The fourth-order valence-corrected chi connectivity index (χ4v) is 2.68. The van der Waals surface area contributed by atoms with Crippen molar-refractivity contribution in [2.45, 2.75) is 26.3 Å². The van der Waals surface area contributed by atoms with E-state index in [1.807, 2.05) is 44.2 Å². The number of carbonyl (C=O) groups is 2. The van der Waals surface area contributed by atoms with Crippen LogP contribution in [-0.2, 0) is 9.53 Å². The van der Waals surface area contributed by atoms with Crippen molar-refractivity contribution in [2.24, 2.45) is 0 Å². The molecule has 0 aliphatic rings. The Kier molecular flexibility index (Phi) is 6.39. The Balaban J connectivity index is 1.87. The summed E-state index contributed by atoms with van der Waals surface area (Å²) in [5.74, 6) is -1.43. The summed E-state index contributed by atoms with van der Waals surface area (Å²) in [4.78, 5) is 24.6. The second kappa shape index (κ2) is 9.14. The standard InChI is InChI=1S/C22H22FN3O3/c1-3-15(2)24-20(27)14-29-22(28)19-13-26(18-7-5-4-6-8-18)25-21(19)16-9-11-17(23)12-10-16/h4-13,15H,3,14H2,1-2H3,(H,24,27)/t15-/m0/s1. The lowest BCUT2D eigenvalue weighted by molar-refractivity contribution is -0.124. The van der Waals surface area contributed by atoms with Crippen LogP contribution in [0, 0.1) is 5.82 Å². The Morgan fingerprint density at radius 1 is 1.14 bits per heavy atom. The van der Waals surface area contributed by atoms with Gasteiger partial charge in [0.1, 0.15) is 17.1 Å². The van der Waals surface area contributed by atoms with Gasteiger partial charge in [0, 0.05) is 17.8 Å². The first kappa shape index (κ1) is 20.3. The zero-order valence-corrected chi connectivity index (χ0v) is 16.3. The van der Waals surface area contributed by atoms with Crippen LogP contribution >= 0.6 is 0 Å². The predicted molar refractivity (Wildman–Crippen MR) is 107 cm³/mol. The van der Waals surface area contributed by atoms with Gasteiger partial charge in [-0.15, -0.1) is 0 Å². The van der Waals surface area contributed by atoms with Gasteiger partial charge in [-0.05, 0) is 49.7 Å². The molecule has 0 spiro atoms. The summed E-state index contributed by atoms with van der Waals surface area (Å²) in [5.41, 5.74) is 1.86. The molecule has 7 heteroatoms. The van der Waals surface area contributed by atoms with Gasteiger partial charge in [0.15, 0.2) is 6.61 Å². The number of halogens is 1. The minimum Gasteiger partial charge on any atom is -0.452 e. The number of ether oxygens (including phenoxy) is 1. The summed E-state index contributed by atoms with van der Waals surface area (Å²) in [7, 11) is 0. The molecule has 0 radical (unpaired) electrons. The van der Waals surface area contributed by atoms with Crippen LogP contribution in [0.3, 0.4) is 0 Å². The van der Waals surface area contributed by atoms with E-state index in [0.717, 1.165) is 12.1 Å². The van der Waals surface area contributed by atoms with Crippen LogP contribution in [-0.4, -0.2) is 34.3 Å². The number of nitrogens with one attached hydrogen (secondary N) is 1. The zero-order chi connectivity index (χ0) is 20.8. The molecule has 150 valence electrons. The molecule has 3 rings (SSSR count). The molecule has 0 saturated heterocycles. The van der Waals surface area contributed by atoms with Crippen LogP contribution in [0.2, 0.25) is 0 Å². The average Bonchev–Trinajstić information content (AvgIpc) is 3.18. The third-order valence-electron chi connectivity index (χ3n) is 4.43. The molecule has 1 heterocycles. The van der Waals surface area contributed by atoms with E-state index in [4.69, 9.17) is 4.74 Å². The van der Waals surface area contributed by atoms with Crippen molar-refractivity contribution in [2.75, 3.05) is 6.61 Å². The highest BCUT2D eigenvalue weighted by Crippen LogP contribution is 2.24. The monoisotopic (exact) mass is 395 g/mol. The SMILES string of the molecule is CC[C@H](C)NC(=O)COC(=O)c1cn(-c2ccccc2)nc1-c1ccc(F)cc1. The lowest BCUT2D eigenvalue weighted by atomic mass is 10.1. The maximum Gasteiger partial charge on any atom is 0.342 e. The number of rotatable bonds is 7. The maximum absolute atomic E-state index is 13.3. The van der Waals surface area contributed by atoms with E-state index in [2.05, 4.69) is 10.4 Å². The Hall–Kier alpha value is -3.48. The molecular formula is C22H22FN3O3. The first-order chi connectivity index (χ1) is 14.0. The molecule has 0 unspecified atom stereocenters. The number of para-hydroxylation sites is 1. The Morgan fingerprint density at radius 2 is 1.83 bits per heavy atom. The third-order valence-corrected chi connectivity index (χ3v) is 4.43. The molecule has 1 atom stereocenters. The number of nitrogens with zero attached hydrogens (tertiary/aromatic N) is 2. The molecule has 0 aliphatic carbocycles. The van der Waals surface area contributed by atoms with Gasteiger partial charge >= 0.3 is 5.97 Å². The van der Waals surface area contributed by atoms with Crippen molar-refractivity contribution in [1.82, 2.24) is 15.1 Å². The van der Waals surface area contributed by atoms with Crippen LogP contribution in [0.1, 0.15) is 30.6 Å². The fourth-order valence-electron chi connectivity index (χ4n) is 2.68. The lowest BCUT2D eigenvalue weighted by Gasteiger charge is -2.11. The van der Waals surface area contributed by atoms with Crippen molar-refractivity contribution >= 4 is 11.9 Å². The van der Waals surface area contributed by atoms with Crippen LogP contribution in [0.15, 0.2) is 60.8 Å². The number of aromatic nitrogens is 2. The van der Waals surface area contributed by atoms with Crippen molar-refractivity contribution < 1.29 is 18.7 Å². The molecule has 1 amide bonds. The largest absolute Gasteiger partial charge is 0.452 e. The maximum atomic E-state index is 13.3. The first-order valence-electron chi connectivity index (χ1n) is 9.35. The summed E-state index contributed by atoms with van der Waals surface area (Å²) in [6.45, 7) is 3.43. The quantitative estimate of drug-likeness (QED) is 0.619. The highest BCUT2D eigenvalue weighted by Gasteiger charge is 2.21. The number of amides is 1. The van der Waals surface area contributed by atoms with E-state index >= 15 is 0 Å². The number of benzene rings is 2. The molecule has 0 saturated carbocycles. The van der Waals surface area contributed by atoms with Crippen LogP contribution < -0.4 is 5.32 Å². The molecule has 0 bridgehead atoms. The highest BCUT2D eigenvalue weighted by atomic mass is 19.1. The normalized spacial score (nSPS) is 11.7. The van der Waals surface area contributed by atoms with Crippen LogP contribution in [0.25, 0.3) is 16.9 Å². The van der Waals surface area contributed by atoms with Crippen molar-refractivity contribution in [3.63, 3.8) is 0 Å². The summed E-state index contributed by atoms with van der Waals surface area (Å²) in [6, 6.07) is 14.9. The molecule has 2 aromatic carbocycles. The van der Waals surface area contributed by atoms with Gasteiger partial charge in [-0.3, -0.25) is 4.79 Å². The van der Waals surface area contributed by atoms with Crippen molar-refractivity contribution in [1.29, 1.82) is 0 Å². The smallest absolute Gasteiger partial charge is 0.342 e. The molecular weight excluding hydrogens is 373 g/mol. The van der Waals surface area contributed by atoms with Gasteiger partial charge in [-0.2, -0.15) is 5.10 Å². The van der Waals surface area contributed by atoms with Gasteiger partial charge in [0.25, 0.3) is 5.91 Å². The predicted octanol–water partition coefficient (Wildman–Crippen LogP) is 3.75. The van der Waals surface area contributed by atoms with E-state index in [9.17, 15) is 14.0 Å². The van der Waals surface area contributed by atoms with E-state index < -0.39 is 5.97 Å².